The summed E-state index contributed by atoms with van der Waals surface area (Å²) < 4.78 is 10.7. The van der Waals surface area contributed by atoms with Gasteiger partial charge in [0.25, 0.3) is 0 Å². The van der Waals surface area contributed by atoms with E-state index in [1.54, 1.807) is 6.26 Å². The summed E-state index contributed by atoms with van der Waals surface area (Å²) in [4.78, 5) is 16.9. The molecule has 0 radical (unpaired) electrons. The van der Waals surface area contributed by atoms with E-state index in [1.807, 2.05) is 46.8 Å². The molecule has 23 heavy (non-hydrogen) atoms. The molecular weight excluding hydrogens is 294 g/mol. The van der Waals surface area contributed by atoms with E-state index >= 15 is 0 Å². The van der Waals surface area contributed by atoms with Gasteiger partial charge in [-0.05, 0) is 32.4 Å². The fraction of sp³-hybridized carbons (Fsp3) is 0.588. The molecular formula is C17H23N3O3. The lowest BCUT2D eigenvalue weighted by atomic mass is 9.97. The SMILES string of the molecule is CC(C)(C)c1nc(C(C)(C)NC(=O)[C@@H]2C[C@H]2c2ccco2)no1. The summed E-state index contributed by atoms with van der Waals surface area (Å²) in [5.74, 6) is 2.06. The highest BCUT2D eigenvalue weighted by Gasteiger charge is 2.47. The van der Waals surface area contributed by atoms with Crippen molar-refractivity contribution in [2.24, 2.45) is 5.92 Å². The average Bonchev–Trinajstić information content (AvgIpc) is 2.91. The molecule has 2 atom stereocenters. The van der Waals surface area contributed by atoms with Gasteiger partial charge in [-0.25, -0.2) is 0 Å². The van der Waals surface area contributed by atoms with E-state index in [0.717, 1.165) is 12.2 Å². The van der Waals surface area contributed by atoms with Crippen LogP contribution in [0.2, 0.25) is 0 Å². The Morgan fingerprint density at radius 3 is 2.61 bits per heavy atom. The van der Waals surface area contributed by atoms with Crippen molar-refractivity contribution >= 4 is 5.91 Å². The Kier molecular flexibility index (Phi) is 3.58. The standard InChI is InChI=1S/C17H23N3O3/c1-16(2,3)15-18-14(20-23-15)17(4,5)19-13(21)11-9-10(11)12-7-6-8-22-12/h6-8,10-11H,9H2,1-5H3,(H,19,21)/t10-,11-/m1/s1. The maximum Gasteiger partial charge on any atom is 0.232 e. The average molecular weight is 317 g/mol. The first kappa shape index (κ1) is 15.8. The molecule has 124 valence electrons. The maximum atomic E-state index is 12.5. The molecule has 0 spiro atoms. The first-order valence-corrected chi connectivity index (χ1v) is 7.88. The van der Waals surface area contributed by atoms with Gasteiger partial charge in [0.2, 0.25) is 11.8 Å². The molecule has 1 amide bonds. The highest BCUT2D eigenvalue weighted by molar-refractivity contribution is 5.83. The summed E-state index contributed by atoms with van der Waals surface area (Å²) >= 11 is 0. The second kappa shape index (κ2) is 5.22. The second-order valence-electron chi connectivity index (χ2n) is 7.75. The number of nitrogens with one attached hydrogen (secondary N) is 1. The van der Waals surface area contributed by atoms with Gasteiger partial charge in [0, 0.05) is 17.3 Å². The summed E-state index contributed by atoms with van der Waals surface area (Å²) in [7, 11) is 0. The molecule has 0 saturated heterocycles. The number of carbonyl (C=O) groups is 1. The van der Waals surface area contributed by atoms with Crippen molar-refractivity contribution in [3.8, 4) is 0 Å². The van der Waals surface area contributed by atoms with Crippen LogP contribution in [-0.2, 0) is 15.7 Å². The molecule has 1 fully saturated rings. The van der Waals surface area contributed by atoms with Crippen molar-refractivity contribution in [1.82, 2.24) is 15.5 Å². The molecule has 1 saturated carbocycles. The summed E-state index contributed by atoms with van der Waals surface area (Å²) in [5.41, 5.74) is -0.896. The lowest BCUT2D eigenvalue weighted by molar-refractivity contribution is -0.124. The van der Waals surface area contributed by atoms with Gasteiger partial charge in [-0.3, -0.25) is 4.79 Å². The molecule has 2 aromatic heterocycles. The third-order valence-corrected chi connectivity index (χ3v) is 4.10. The predicted octanol–water partition coefficient (Wildman–Crippen LogP) is 3.12. The minimum absolute atomic E-state index is 0.00138. The summed E-state index contributed by atoms with van der Waals surface area (Å²) in [5, 5.41) is 7.06. The molecule has 2 aromatic rings. The lowest BCUT2D eigenvalue weighted by Crippen LogP contribution is -2.43. The van der Waals surface area contributed by atoms with E-state index in [0.29, 0.717) is 11.7 Å². The van der Waals surface area contributed by atoms with Crippen molar-refractivity contribution in [2.75, 3.05) is 0 Å². The van der Waals surface area contributed by atoms with Crippen LogP contribution < -0.4 is 5.32 Å². The molecule has 3 rings (SSSR count). The number of nitrogens with zero attached hydrogens (tertiary/aromatic N) is 2. The molecule has 0 aromatic carbocycles. The fourth-order valence-corrected chi connectivity index (χ4v) is 2.54. The third kappa shape index (κ3) is 3.16. The Morgan fingerprint density at radius 2 is 2.04 bits per heavy atom. The Morgan fingerprint density at radius 1 is 1.30 bits per heavy atom. The first-order valence-electron chi connectivity index (χ1n) is 7.88. The minimum atomic E-state index is -0.680. The largest absolute Gasteiger partial charge is 0.469 e. The number of furan rings is 1. The van der Waals surface area contributed by atoms with Crippen LogP contribution in [0.4, 0.5) is 0 Å². The van der Waals surface area contributed by atoms with E-state index in [2.05, 4.69) is 15.5 Å². The number of hydrogen-bond acceptors (Lipinski definition) is 5. The van der Waals surface area contributed by atoms with E-state index in [-0.39, 0.29) is 23.2 Å². The molecule has 6 heteroatoms. The van der Waals surface area contributed by atoms with Crippen LogP contribution in [0.1, 0.15) is 64.4 Å². The van der Waals surface area contributed by atoms with E-state index in [1.165, 1.54) is 0 Å². The van der Waals surface area contributed by atoms with Crippen molar-refractivity contribution in [2.45, 2.75) is 57.9 Å². The van der Waals surface area contributed by atoms with Crippen LogP contribution in [0, 0.1) is 5.92 Å². The summed E-state index contributed by atoms with van der Waals surface area (Å²) in [6, 6.07) is 3.76. The Balaban J connectivity index is 1.67. The molecule has 2 heterocycles. The van der Waals surface area contributed by atoms with Gasteiger partial charge in [0.15, 0.2) is 5.82 Å². The highest BCUT2D eigenvalue weighted by Crippen LogP contribution is 2.48. The van der Waals surface area contributed by atoms with Crippen molar-refractivity contribution in [3.05, 3.63) is 35.9 Å². The van der Waals surface area contributed by atoms with Crippen molar-refractivity contribution in [1.29, 1.82) is 0 Å². The van der Waals surface area contributed by atoms with Gasteiger partial charge in [-0.15, -0.1) is 0 Å². The molecule has 0 unspecified atom stereocenters. The quantitative estimate of drug-likeness (QED) is 0.937. The molecule has 1 N–H and O–H groups in total. The van der Waals surface area contributed by atoms with Gasteiger partial charge in [0.05, 0.1) is 11.8 Å². The van der Waals surface area contributed by atoms with Crippen LogP contribution in [0.3, 0.4) is 0 Å². The maximum absolute atomic E-state index is 12.5. The monoisotopic (exact) mass is 317 g/mol. The number of rotatable bonds is 4. The van der Waals surface area contributed by atoms with Gasteiger partial charge in [-0.1, -0.05) is 25.9 Å². The number of amides is 1. The van der Waals surface area contributed by atoms with E-state index in [4.69, 9.17) is 8.94 Å². The van der Waals surface area contributed by atoms with Crippen LogP contribution in [0.15, 0.2) is 27.3 Å². The first-order chi connectivity index (χ1) is 10.7. The van der Waals surface area contributed by atoms with Crippen molar-refractivity contribution < 1.29 is 13.7 Å². The minimum Gasteiger partial charge on any atom is -0.469 e. The summed E-state index contributed by atoms with van der Waals surface area (Å²) in [6.45, 7) is 9.79. The number of aromatic nitrogens is 2. The van der Waals surface area contributed by atoms with Crippen LogP contribution >= 0.6 is 0 Å². The van der Waals surface area contributed by atoms with Gasteiger partial charge in [0.1, 0.15) is 5.76 Å². The van der Waals surface area contributed by atoms with Crippen LogP contribution in [0.5, 0.6) is 0 Å². The molecule has 6 nitrogen and oxygen atoms in total. The third-order valence-electron chi connectivity index (χ3n) is 4.10. The lowest BCUT2D eigenvalue weighted by Gasteiger charge is -2.22. The Labute approximate surface area is 135 Å². The summed E-state index contributed by atoms with van der Waals surface area (Å²) in [6.07, 6.45) is 2.45. The number of hydrogen-bond donors (Lipinski definition) is 1. The van der Waals surface area contributed by atoms with E-state index < -0.39 is 5.54 Å². The molecule has 0 bridgehead atoms. The highest BCUT2D eigenvalue weighted by atomic mass is 16.5. The Hall–Kier alpha value is -2.11. The zero-order valence-electron chi connectivity index (χ0n) is 14.2. The second-order valence-corrected chi connectivity index (χ2v) is 7.75. The van der Waals surface area contributed by atoms with Gasteiger partial charge < -0.3 is 14.3 Å². The zero-order chi connectivity index (χ0) is 16.8. The Bertz CT molecular complexity index is 695. The van der Waals surface area contributed by atoms with Crippen LogP contribution in [-0.4, -0.2) is 16.0 Å². The number of carbonyl (C=O) groups excluding carboxylic acids is 1. The topological polar surface area (TPSA) is 81.2 Å². The van der Waals surface area contributed by atoms with Gasteiger partial charge in [-0.2, -0.15) is 4.98 Å². The van der Waals surface area contributed by atoms with E-state index in [9.17, 15) is 4.79 Å². The molecule has 1 aliphatic rings. The molecule has 0 aliphatic heterocycles. The smallest absolute Gasteiger partial charge is 0.232 e. The van der Waals surface area contributed by atoms with Crippen molar-refractivity contribution in [3.63, 3.8) is 0 Å². The predicted molar refractivity (Wildman–Crippen MR) is 83.7 cm³/mol. The van der Waals surface area contributed by atoms with Crippen LogP contribution in [0.25, 0.3) is 0 Å². The molecule has 1 aliphatic carbocycles. The fourth-order valence-electron chi connectivity index (χ4n) is 2.54. The normalized spacial score (nSPS) is 21.3. The zero-order valence-corrected chi connectivity index (χ0v) is 14.2. The van der Waals surface area contributed by atoms with Gasteiger partial charge >= 0.3 is 0 Å².